The number of pyridine rings is 1. The van der Waals surface area contributed by atoms with Crippen LogP contribution in [0.1, 0.15) is 49.5 Å². The summed E-state index contributed by atoms with van der Waals surface area (Å²) in [5, 5.41) is 12.9. The molecular formula is C20H25N3O6. The van der Waals surface area contributed by atoms with Crippen molar-refractivity contribution < 1.29 is 29.0 Å². The van der Waals surface area contributed by atoms with Gasteiger partial charge in [-0.1, -0.05) is 0 Å². The second-order valence-corrected chi connectivity index (χ2v) is 8.09. The minimum absolute atomic E-state index is 0.108. The van der Waals surface area contributed by atoms with Crippen LogP contribution in [0.5, 0.6) is 0 Å². The van der Waals surface area contributed by atoms with Crippen molar-refractivity contribution in [3.8, 4) is 0 Å². The van der Waals surface area contributed by atoms with E-state index in [2.05, 4.69) is 10.3 Å². The summed E-state index contributed by atoms with van der Waals surface area (Å²) >= 11 is 0. The van der Waals surface area contributed by atoms with Crippen molar-refractivity contribution in [1.29, 1.82) is 0 Å². The molecular weight excluding hydrogens is 378 g/mol. The van der Waals surface area contributed by atoms with Crippen molar-refractivity contribution in [3.63, 3.8) is 0 Å². The normalized spacial score (nSPS) is 15.2. The van der Waals surface area contributed by atoms with Crippen LogP contribution in [0.3, 0.4) is 0 Å². The Morgan fingerprint density at radius 3 is 2.59 bits per heavy atom. The highest BCUT2D eigenvalue weighted by Gasteiger charge is 2.36. The molecule has 1 saturated carbocycles. The molecule has 9 nitrogen and oxygen atoms in total. The zero-order chi connectivity index (χ0) is 21.3. The number of carboxylic acids is 1. The van der Waals surface area contributed by atoms with Crippen LogP contribution in [0, 0.1) is 5.92 Å². The average Bonchev–Trinajstić information content (AvgIpc) is 3.38. The quantitative estimate of drug-likeness (QED) is 0.706. The molecule has 2 heterocycles. The Bertz CT molecular complexity index is 955. The molecule has 0 bridgehead atoms. The van der Waals surface area contributed by atoms with Gasteiger partial charge in [-0.25, -0.2) is 19.1 Å². The number of esters is 1. The molecule has 3 rings (SSSR count). The number of nitrogens with zero attached hydrogens (tertiary/aromatic N) is 2. The van der Waals surface area contributed by atoms with Crippen molar-refractivity contribution in [3.05, 3.63) is 29.6 Å². The van der Waals surface area contributed by atoms with Gasteiger partial charge in [0.2, 0.25) is 0 Å². The number of rotatable bonds is 6. The minimum Gasteiger partial charge on any atom is -0.480 e. The molecule has 0 saturated heterocycles. The highest BCUT2D eigenvalue weighted by atomic mass is 16.6. The summed E-state index contributed by atoms with van der Waals surface area (Å²) in [6.45, 7) is 5.42. The molecule has 29 heavy (non-hydrogen) atoms. The first-order valence-electron chi connectivity index (χ1n) is 9.39. The first-order valence-corrected chi connectivity index (χ1v) is 9.39. The maximum absolute atomic E-state index is 12.6. The van der Waals surface area contributed by atoms with E-state index >= 15 is 0 Å². The molecule has 0 spiro atoms. The van der Waals surface area contributed by atoms with Gasteiger partial charge >= 0.3 is 18.0 Å². The molecule has 1 aliphatic carbocycles. The lowest BCUT2D eigenvalue weighted by Crippen LogP contribution is -2.38. The summed E-state index contributed by atoms with van der Waals surface area (Å²) in [4.78, 5) is 40.7. The van der Waals surface area contributed by atoms with Gasteiger partial charge < -0.3 is 19.9 Å². The first-order chi connectivity index (χ1) is 13.6. The van der Waals surface area contributed by atoms with E-state index in [1.54, 1.807) is 26.8 Å². The maximum Gasteiger partial charge on any atom is 0.420 e. The number of carboxylic acid groups (broad SMARTS) is 1. The molecule has 0 aromatic carbocycles. The summed E-state index contributed by atoms with van der Waals surface area (Å²) in [6, 6.07) is 1.03. The molecule has 156 valence electrons. The molecule has 1 atom stereocenters. The molecule has 0 radical (unpaired) electrons. The van der Waals surface area contributed by atoms with E-state index < -0.39 is 29.7 Å². The predicted molar refractivity (Wildman–Crippen MR) is 104 cm³/mol. The van der Waals surface area contributed by atoms with E-state index in [0.717, 1.165) is 12.8 Å². The topological polar surface area (TPSA) is 120 Å². The van der Waals surface area contributed by atoms with E-state index in [1.165, 1.54) is 24.1 Å². The number of ether oxygens (including phenoxy) is 2. The van der Waals surface area contributed by atoms with Crippen LogP contribution in [0.4, 0.5) is 4.79 Å². The number of carbonyl (C=O) groups is 3. The molecule has 2 aromatic rings. The number of fused-ring (bicyclic) bond motifs is 1. The van der Waals surface area contributed by atoms with Crippen LogP contribution in [-0.4, -0.2) is 51.4 Å². The third kappa shape index (κ3) is 4.56. The Hall–Kier alpha value is -2.94. The van der Waals surface area contributed by atoms with Crippen LogP contribution in [-0.2, 0) is 20.8 Å². The Kier molecular flexibility index (Phi) is 5.61. The Morgan fingerprint density at radius 2 is 2.03 bits per heavy atom. The molecule has 0 aliphatic heterocycles. The van der Waals surface area contributed by atoms with Gasteiger partial charge in [0, 0.05) is 24.3 Å². The number of hydrogen-bond donors (Lipinski definition) is 2. The van der Waals surface area contributed by atoms with Crippen LogP contribution in [0.2, 0.25) is 0 Å². The lowest BCUT2D eigenvalue weighted by molar-refractivity contribution is -0.140. The fraction of sp³-hybridized carbons (Fsp3) is 0.500. The van der Waals surface area contributed by atoms with Gasteiger partial charge in [-0.15, -0.1) is 0 Å². The van der Waals surface area contributed by atoms with Crippen molar-refractivity contribution in [1.82, 2.24) is 14.9 Å². The average molecular weight is 403 g/mol. The standard InChI is InChI=1S/C20H25N3O6/c1-20(2,3)29-19(27)23-10-13(18(26)28-4)14-12(7-8-21-16(14)23)9-22-15(17(24)25)11-5-6-11/h7-8,10-11,15,22H,5-6,9H2,1-4H3,(H,24,25). The fourth-order valence-corrected chi connectivity index (χ4v) is 3.19. The molecule has 2 N–H and O–H groups in total. The van der Waals surface area contributed by atoms with Crippen molar-refractivity contribution in [2.45, 2.75) is 51.8 Å². The van der Waals surface area contributed by atoms with Gasteiger partial charge in [-0.3, -0.25) is 4.79 Å². The number of aliphatic carboxylic acids is 1. The van der Waals surface area contributed by atoms with Gasteiger partial charge in [0.05, 0.1) is 12.7 Å². The van der Waals surface area contributed by atoms with Gasteiger partial charge in [0.25, 0.3) is 0 Å². The zero-order valence-corrected chi connectivity index (χ0v) is 16.9. The third-order valence-corrected chi connectivity index (χ3v) is 4.64. The van der Waals surface area contributed by atoms with E-state index in [4.69, 9.17) is 9.47 Å². The summed E-state index contributed by atoms with van der Waals surface area (Å²) in [6.07, 6.45) is 3.93. The summed E-state index contributed by atoms with van der Waals surface area (Å²) in [7, 11) is 1.25. The predicted octanol–water partition coefficient (Wildman–Crippen LogP) is 2.56. The van der Waals surface area contributed by atoms with Gasteiger partial charge in [0.15, 0.2) is 5.65 Å². The molecule has 1 fully saturated rings. The van der Waals surface area contributed by atoms with Crippen LogP contribution < -0.4 is 5.32 Å². The third-order valence-electron chi connectivity index (χ3n) is 4.64. The van der Waals surface area contributed by atoms with Crippen LogP contribution >= 0.6 is 0 Å². The Balaban J connectivity index is 2.01. The van der Waals surface area contributed by atoms with Crippen molar-refractivity contribution >= 4 is 29.1 Å². The Morgan fingerprint density at radius 1 is 1.34 bits per heavy atom. The van der Waals surface area contributed by atoms with Crippen molar-refractivity contribution in [2.24, 2.45) is 5.92 Å². The van der Waals surface area contributed by atoms with Gasteiger partial charge in [-0.2, -0.15) is 0 Å². The number of carbonyl (C=O) groups excluding carboxylic acids is 2. The van der Waals surface area contributed by atoms with Crippen LogP contribution in [0.25, 0.3) is 11.0 Å². The summed E-state index contributed by atoms with van der Waals surface area (Å²) in [5.74, 6) is -1.42. The summed E-state index contributed by atoms with van der Waals surface area (Å²) < 4.78 is 11.4. The van der Waals surface area contributed by atoms with E-state index in [-0.39, 0.29) is 23.7 Å². The van der Waals surface area contributed by atoms with E-state index in [9.17, 15) is 19.5 Å². The second-order valence-electron chi connectivity index (χ2n) is 8.09. The summed E-state index contributed by atoms with van der Waals surface area (Å²) in [5.41, 5.74) is 0.329. The van der Waals surface area contributed by atoms with Crippen molar-refractivity contribution in [2.75, 3.05) is 7.11 Å². The maximum atomic E-state index is 12.6. The zero-order valence-electron chi connectivity index (χ0n) is 16.9. The number of methoxy groups -OCH3 is 1. The number of hydrogen-bond acceptors (Lipinski definition) is 7. The highest BCUT2D eigenvalue weighted by Crippen LogP contribution is 2.33. The molecule has 1 aliphatic rings. The highest BCUT2D eigenvalue weighted by molar-refractivity contribution is 6.06. The fourth-order valence-electron chi connectivity index (χ4n) is 3.19. The smallest absolute Gasteiger partial charge is 0.420 e. The molecule has 0 amide bonds. The second kappa shape index (κ2) is 7.82. The largest absolute Gasteiger partial charge is 0.480 e. The molecule has 2 aromatic heterocycles. The monoisotopic (exact) mass is 403 g/mol. The molecule has 1 unspecified atom stereocenters. The lowest BCUT2D eigenvalue weighted by Gasteiger charge is -2.19. The van der Waals surface area contributed by atoms with E-state index in [1.807, 2.05) is 0 Å². The molecule has 9 heteroatoms. The number of aromatic nitrogens is 2. The van der Waals surface area contributed by atoms with E-state index in [0.29, 0.717) is 10.9 Å². The van der Waals surface area contributed by atoms with Gasteiger partial charge in [-0.05, 0) is 51.2 Å². The Labute approximate surface area is 168 Å². The lowest BCUT2D eigenvalue weighted by atomic mass is 10.1. The minimum atomic E-state index is -0.905. The SMILES string of the molecule is COC(=O)c1cn(C(=O)OC(C)(C)C)c2nccc(CNC(C(=O)O)C3CC3)c12. The van der Waals surface area contributed by atoms with Crippen LogP contribution in [0.15, 0.2) is 18.5 Å². The first kappa shape index (κ1) is 20.8. The van der Waals surface area contributed by atoms with Gasteiger partial charge in [0.1, 0.15) is 11.6 Å². The number of nitrogens with one attached hydrogen (secondary N) is 1.